The number of carbonyl (C=O) groups is 2. The topological polar surface area (TPSA) is 86.8 Å². The lowest BCUT2D eigenvalue weighted by atomic mass is 9.94. The molecule has 5 rings (SSSR count). The van der Waals surface area contributed by atoms with Crippen LogP contribution in [-0.2, 0) is 32.6 Å². The van der Waals surface area contributed by atoms with Crippen molar-refractivity contribution in [1.82, 2.24) is 10.2 Å². The predicted molar refractivity (Wildman–Crippen MR) is 186 cm³/mol. The fourth-order valence-electron chi connectivity index (χ4n) is 5.84. The average Bonchev–Trinajstić information content (AvgIpc) is 3.07. The highest BCUT2D eigenvalue weighted by atomic mass is 79.9. The Balaban J connectivity index is 1.55. The normalized spacial score (nSPS) is 14.3. The van der Waals surface area contributed by atoms with Gasteiger partial charge >= 0.3 is 0 Å². The molecular formula is C37H40BrN3O4S. The number of anilines is 1. The zero-order valence-electron chi connectivity index (χ0n) is 26.0. The van der Waals surface area contributed by atoms with Crippen molar-refractivity contribution in [3.8, 4) is 0 Å². The van der Waals surface area contributed by atoms with Crippen molar-refractivity contribution in [2.24, 2.45) is 0 Å². The van der Waals surface area contributed by atoms with Gasteiger partial charge in [-0.1, -0.05) is 114 Å². The molecule has 0 spiro atoms. The van der Waals surface area contributed by atoms with Crippen molar-refractivity contribution in [3.63, 3.8) is 0 Å². The summed E-state index contributed by atoms with van der Waals surface area (Å²) in [5.41, 5.74) is 3.19. The van der Waals surface area contributed by atoms with Crippen molar-refractivity contribution < 1.29 is 18.0 Å². The van der Waals surface area contributed by atoms with E-state index in [-0.39, 0.29) is 23.4 Å². The molecule has 46 heavy (non-hydrogen) atoms. The van der Waals surface area contributed by atoms with Crippen LogP contribution in [0.15, 0.2) is 119 Å². The largest absolute Gasteiger partial charge is 0.352 e. The van der Waals surface area contributed by atoms with E-state index in [0.29, 0.717) is 12.1 Å². The van der Waals surface area contributed by atoms with Crippen LogP contribution in [0, 0.1) is 6.92 Å². The van der Waals surface area contributed by atoms with Gasteiger partial charge in [0.05, 0.1) is 10.6 Å². The summed E-state index contributed by atoms with van der Waals surface area (Å²) in [6, 6.07) is 31.6. The number of benzene rings is 4. The molecule has 2 amide bonds. The summed E-state index contributed by atoms with van der Waals surface area (Å²) in [4.78, 5) is 30.4. The highest BCUT2D eigenvalue weighted by Gasteiger charge is 2.35. The summed E-state index contributed by atoms with van der Waals surface area (Å²) in [7, 11) is -4.13. The number of hydrogen-bond donors (Lipinski definition) is 1. The van der Waals surface area contributed by atoms with Crippen LogP contribution in [0.5, 0.6) is 0 Å². The van der Waals surface area contributed by atoms with Crippen LogP contribution in [0.2, 0.25) is 0 Å². The second-order valence-electron chi connectivity index (χ2n) is 11.9. The van der Waals surface area contributed by atoms with Crippen LogP contribution in [-0.4, -0.2) is 43.8 Å². The number of nitrogens with zero attached hydrogens (tertiary/aromatic N) is 2. The van der Waals surface area contributed by atoms with E-state index in [1.54, 1.807) is 47.4 Å². The molecular weight excluding hydrogens is 662 g/mol. The molecule has 9 heteroatoms. The van der Waals surface area contributed by atoms with Crippen molar-refractivity contribution in [3.05, 3.63) is 130 Å². The maximum atomic E-state index is 14.6. The van der Waals surface area contributed by atoms with E-state index in [2.05, 4.69) is 21.2 Å². The van der Waals surface area contributed by atoms with E-state index in [0.717, 1.165) is 57.6 Å². The van der Waals surface area contributed by atoms with Gasteiger partial charge in [-0.15, -0.1) is 0 Å². The van der Waals surface area contributed by atoms with E-state index in [1.807, 2.05) is 61.5 Å². The SMILES string of the molecule is Cc1ccc(CN(C(=O)CN(c2ccc(Br)cc2)S(=O)(=O)c2ccccc2)[C@H](Cc2ccccc2)C(=O)NC2CCCCC2)cc1. The molecule has 0 bridgehead atoms. The summed E-state index contributed by atoms with van der Waals surface area (Å²) in [6.07, 6.45) is 5.37. The molecule has 0 saturated heterocycles. The Morgan fingerprint density at radius 1 is 0.804 bits per heavy atom. The first kappa shape index (κ1) is 33.4. The lowest BCUT2D eigenvalue weighted by Crippen LogP contribution is -2.55. The molecule has 1 aliphatic carbocycles. The highest BCUT2D eigenvalue weighted by molar-refractivity contribution is 9.10. The minimum atomic E-state index is -4.13. The number of sulfonamides is 1. The Labute approximate surface area is 280 Å². The minimum Gasteiger partial charge on any atom is -0.352 e. The maximum Gasteiger partial charge on any atom is 0.264 e. The monoisotopic (exact) mass is 701 g/mol. The molecule has 1 atom stereocenters. The van der Waals surface area contributed by atoms with Gasteiger partial charge < -0.3 is 10.2 Å². The molecule has 1 fully saturated rings. The first-order chi connectivity index (χ1) is 22.2. The summed E-state index contributed by atoms with van der Waals surface area (Å²) in [5, 5.41) is 3.25. The Bertz CT molecular complexity index is 1690. The van der Waals surface area contributed by atoms with Crippen LogP contribution in [0.4, 0.5) is 5.69 Å². The number of nitrogens with one attached hydrogen (secondary N) is 1. The predicted octanol–water partition coefficient (Wildman–Crippen LogP) is 7.04. The second-order valence-corrected chi connectivity index (χ2v) is 14.6. The van der Waals surface area contributed by atoms with Gasteiger partial charge in [0.15, 0.2) is 0 Å². The molecule has 1 N–H and O–H groups in total. The lowest BCUT2D eigenvalue weighted by Gasteiger charge is -2.35. The molecule has 7 nitrogen and oxygen atoms in total. The van der Waals surface area contributed by atoms with E-state index in [4.69, 9.17) is 0 Å². The third-order valence-electron chi connectivity index (χ3n) is 8.42. The van der Waals surface area contributed by atoms with Crippen molar-refractivity contribution in [2.45, 2.75) is 69.0 Å². The first-order valence-corrected chi connectivity index (χ1v) is 18.0. The van der Waals surface area contributed by atoms with Crippen LogP contribution in [0.25, 0.3) is 0 Å². The number of rotatable bonds is 12. The second kappa shape index (κ2) is 15.6. The number of halogens is 1. The van der Waals surface area contributed by atoms with Gasteiger partial charge in [-0.3, -0.25) is 13.9 Å². The molecule has 240 valence electrons. The fourth-order valence-corrected chi connectivity index (χ4v) is 7.54. The van der Waals surface area contributed by atoms with Gasteiger partial charge in [-0.2, -0.15) is 0 Å². The molecule has 4 aromatic rings. The summed E-state index contributed by atoms with van der Waals surface area (Å²) >= 11 is 3.43. The zero-order chi connectivity index (χ0) is 32.5. The first-order valence-electron chi connectivity index (χ1n) is 15.7. The zero-order valence-corrected chi connectivity index (χ0v) is 28.4. The van der Waals surface area contributed by atoms with Crippen LogP contribution < -0.4 is 9.62 Å². The Morgan fingerprint density at radius 3 is 2.04 bits per heavy atom. The summed E-state index contributed by atoms with van der Waals surface area (Å²) in [6.45, 7) is 1.66. The average molecular weight is 703 g/mol. The van der Waals surface area contributed by atoms with Gasteiger partial charge in [0.1, 0.15) is 12.6 Å². The van der Waals surface area contributed by atoms with Gasteiger partial charge in [-0.25, -0.2) is 8.42 Å². The van der Waals surface area contributed by atoms with Crippen LogP contribution in [0.3, 0.4) is 0 Å². The molecule has 0 radical (unpaired) electrons. The van der Waals surface area contributed by atoms with Crippen LogP contribution >= 0.6 is 15.9 Å². The Hall–Kier alpha value is -3.95. The summed E-state index contributed by atoms with van der Waals surface area (Å²) in [5.74, 6) is -0.694. The standard InChI is InChI=1S/C37H40BrN3O4S/c1-28-17-19-30(20-18-28)26-40(35(25-29-11-5-2-6-12-29)37(43)39-32-13-7-3-8-14-32)36(42)27-41(33-23-21-31(38)22-24-33)46(44,45)34-15-9-4-10-16-34/h2,4-6,9-12,15-24,32,35H,3,7-8,13-14,25-27H2,1H3,(H,39,43)/t35-/m1/s1. The third kappa shape index (κ3) is 8.65. The molecule has 1 saturated carbocycles. The molecule has 0 aromatic heterocycles. The van der Waals surface area contributed by atoms with E-state index in [1.165, 1.54) is 12.1 Å². The van der Waals surface area contributed by atoms with Gasteiger partial charge in [0.25, 0.3) is 10.0 Å². The number of aryl methyl sites for hydroxylation is 1. The molecule has 1 aliphatic rings. The van der Waals surface area contributed by atoms with E-state index < -0.39 is 28.5 Å². The molecule has 4 aromatic carbocycles. The quantitative estimate of drug-likeness (QED) is 0.172. The smallest absolute Gasteiger partial charge is 0.264 e. The highest BCUT2D eigenvalue weighted by Crippen LogP contribution is 2.27. The van der Waals surface area contributed by atoms with E-state index in [9.17, 15) is 18.0 Å². The van der Waals surface area contributed by atoms with E-state index >= 15 is 0 Å². The molecule has 0 aliphatic heterocycles. The molecule has 0 heterocycles. The molecule has 0 unspecified atom stereocenters. The number of hydrogen-bond acceptors (Lipinski definition) is 4. The Kier molecular flexibility index (Phi) is 11.3. The maximum absolute atomic E-state index is 14.6. The Morgan fingerprint density at radius 2 is 1.41 bits per heavy atom. The van der Waals surface area contributed by atoms with Gasteiger partial charge in [0.2, 0.25) is 11.8 Å². The van der Waals surface area contributed by atoms with Crippen molar-refractivity contribution in [2.75, 3.05) is 10.8 Å². The van der Waals surface area contributed by atoms with Crippen molar-refractivity contribution in [1.29, 1.82) is 0 Å². The fraction of sp³-hybridized carbons (Fsp3) is 0.297. The van der Waals surface area contributed by atoms with Crippen molar-refractivity contribution >= 4 is 43.5 Å². The number of amides is 2. The van der Waals surface area contributed by atoms with Gasteiger partial charge in [0, 0.05) is 23.5 Å². The third-order valence-corrected chi connectivity index (χ3v) is 10.7. The lowest BCUT2D eigenvalue weighted by molar-refractivity contribution is -0.140. The summed E-state index contributed by atoms with van der Waals surface area (Å²) < 4.78 is 30.1. The van der Waals surface area contributed by atoms with Gasteiger partial charge in [-0.05, 0) is 67.3 Å². The minimum absolute atomic E-state index is 0.0496. The number of carbonyl (C=O) groups excluding carboxylic acids is 2. The van der Waals surface area contributed by atoms with Crippen LogP contribution in [0.1, 0.15) is 48.8 Å².